The molecule has 0 spiro atoms. The van der Waals surface area contributed by atoms with Crippen LogP contribution in [-0.2, 0) is 20.9 Å². The summed E-state index contributed by atoms with van der Waals surface area (Å²) >= 11 is 6.20. The number of carbonyl (C=O) groups is 4. The molecule has 62 heavy (non-hydrogen) atoms. The summed E-state index contributed by atoms with van der Waals surface area (Å²) in [6.07, 6.45) is 4.84. The zero-order chi connectivity index (χ0) is 43.4. The minimum absolute atomic E-state index is 0.0708. The number of imide groups is 1. The largest absolute Gasteiger partial charge is 0.506 e. The lowest BCUT2D eigenvalue weighted by Gasteiger charge is -2.53. The Morgan fingerprint density at radius 3 is 2.05 bits per heavy atom. The van der Waals surface area contributed by atoms with Crippen LogP contribution in [0.3, 0.4) is 0 Å². The molecular formula is C47H57ClFN7O6. The van der Waals surface area contributed by atoms with Crippen LogP contribution in [0.15, 0.2) is 48.5 Å². The number of amides is 4. The van der Waals surface area contributed by atoms with Gasteiger partial charge in [0.2, 0.25) is 17.7 Å². The number of anilines is 3. The van der Waals surface area contributed by atoms with E-state index in [-0.39, 0.29) is 46.6 Å². The highest BCUT2D eigenvalue weighted by Crippen LogP contribution is 2.55. The third-order valence-corrected chi connectivity index (χ3v) is 14.8. The second kappa shape index (κ2) is 17.0. The first-order chi connectivity index (χ1) is 29.8. The van der Waals surface area contributed by atoms with Crippen LogP contribution >= 0.6 is 11.6 Å². The van der Waals surface area contributed by atoms with E-state index < -0.39 is 17.5 Å². The van der Waals surface area contributed by atoms with Crippen LogP contribution in [0.1, 0.15) is 79.9 Å². The van der Waals surface area contributed by atoms with Crippen LogP contribution in [0.5, 0.6) is 11.5 Å². The molecule has 330 valence electrons. The number of phenolic OH excluding ortho intramolecular Hbond substituents is 1. The summed E-state index contributed by atoms with van der Waals surface area (Å²) in [5.74, 6) is 0.417. The van der Waals surface area contributed by atoms with Crippen LogP contribution in [0.2, 0.25) is 5.02 Å². The second-order valence-electron chi connectivity index (χ2n) is 18.7. The van der Waals surface area contributed by atoms with Gasteiger partial charge in [-0.15, -0.1) is 0 Å². The van der Waals surface area contributed by atoms with Crippen LogP contribution in [0, 0.1) is 23.1 Å². The Morgan fingerprint density at radius 2 is 1.44 bits per heavy atom. The Hall–Kier alpha value is -4.92. The van der Waals surface area contributed by atoms with Gasteiger partial charge in [0.25, 0.3) is 5.91 Å². The second-order valence-corrected chi connectivity index (χ2v) is 19.1. The lowest BCUT2D eigenvalue weighted by atomic mass is 9.70. The Bertz CT molecular complexity index is 2250. The Morgan fingerprint density at radius 1 is 0.806 bits per heavy atom. The number of piperidine rings is 3. The normalized spacial score (nSPS) is 24.1. The number of fused-ring (bicyclic) bond motifs is 1. The third-order valence-electron chi connectivity index (χ3n) is 14.5. The highest BCUT2D eigenvalue weighted by atomic mass is 35.5. The lowest BCUT2D eigenvalue weighted by Crippen LogP contribution is -2.61. The number of hydrogen-bond acceptors (Lipinski definition) is 10. The number of nitrogens with one attached hydrogen (secondary N) is 1. The molecule has 5 saturated heterocycles. The van der Waals surface area contributed by atoms with E-state index in [0.717, 1.165) is 102 Å². The van der Waals surface area contributed by atoms with Gasteiger partial charge in [-0.1, -0.05) is 11.6 Å². The number of carbonyl (C=O) groups excluding carboxylic acids is 4. The molecule has 3 aromatic carbocycles. The maximum Gasteiger partial charge on any atom is 0.255 e. The van der Waals surface area contributed by atoms with Crippen molar-refractivity contribution in [3.8, 4) is 11.5 Å². The van der Waals surface area contributed by atoms with Crippen molar-refractivity contribution in [2.45, 2.75) is 71.0 Å². The molecule has 0 saturated carbocycles. The first-order valence-corrected chi connectivity index (χ1v) is 22.6. The van der Waals surface area contributed by atoms with Crippen molar-refractivity contribution in [1.29, 1.82) is 0 Å². The molecular weight excluding hydrogens is 813 g/mol. The summed E-state index contributed by atoms with van der Waals surface area (Å²) < 4.78 is 21.9. The van der Waals surface area contributed by atoms with E-state index in [1.807, 2.05) is 26.0 Å². The van der Waals surface area contributed by atoms with Crippen LogP contribution < -0.4 is 24.8 Å². The number of β-lactam (4-membered cyclic amide) rings is 1. The summed E-state index contributed by atoms with van der Waals surface area (Å²) in [6, 6.07) is 12.9. The van der Waals surface area contributed by atoms with Gasteiger partial charge in [-0.25, -0.2) is 4.39 Å². The number of nitrogens with zero attached hydrogens (tertiary/aromatic N) is 6. The van der Waals surface area contributed by atoms with Crippen LogP contribution in [-0.4, -0.2) is 122 Å². The number of piperazine rings is 1. The summed E-state index contributed by atoms with van der Waals surface area (Å²) in [7, 11) is 1.58. The molecule has 1 unspecified atom stereocenters. The number of rotatable bonds is 10. The summed E-state index contributed by atoms with van der Waals surface area (Å²) in [4.78, 5) is 63.6. The average molecular weight is 870 g/mol. The van der Waals surface area contributed by atoms with Crippen LogP contribution in [0.25, 0.3) is 0 Å². The molecule has 0 aliphatic carbocycles. The SMILES string of the molecule is COc1cc(N2CCC(CN3CCN(CC4CCN(c5ccc6c(c5)CN(C5CCC(=O)NC5=O)C6=O)CC4)CC3)CC2)c(F)cc1[C@@H]1N(c2ccc(O)c(Cl)c2)C(=O)C1(C)C. The van der Waals surface area contributed by atoms with E-state index in [0.29, 0.717) is 53.1 Å². The molecule has 5 fully saturated rings. The van der Waals surface area contributed by atoms with Crippen molar-refractivity contribution in [2.75, 3.05) is 87.3 Å². The van der Waals surface area contributed by atoms with Crippen LogP contribution in [0.4, 0.5) is 21.5 Å². The number of ether oxygens (including phenoxy) is 1. The third kappa shape index (κ3) is 7.98. The van der Waals surface area contributed by atoms with E-state index in [2.05, 4.69) is 31.0 Å². The van der Waals surface area contributed by atoms with Gasteiger partial charge in [0, 0.05) is 107 Å². The first kappa shape index (κ1) is 42.4. The van der Waals surface area contributed by atoms with Crippen molar-refractivity contribution >= 4 is 52.3 Å². The highest BCUT2D eigenvalue weighted by molar-refractivity contribution is 6.32. The highest BCUT2D eigenvalue weighted by Gasteiger charge is 2.56. The van der Waals surface area contributed by atoms with Crippen molar-refractivity contribution in [2.24, 2.45) is 17.3 Å². The van der Waals surface area contributed by atoms with Gasteiger partial charge >= 0.3 is 0 Å². The topological polar surface area (TPSA) is 129 Å². The lowest BCUT2D eigenvalue weighted by molar-refractivity contribution is -0.138. The van der Waals surface area contributed by atoms with Crippen molar-refractivity contribution in [3.05, 3.63) is 76.1 Å². The van der Waals surface area contributed by atoms with Gasteiger partial charge in [0.1, 0.15) is 23.4 Å². The fourth-order valence-electron chi connectivity index (χ4n) is 10.8. The van der Waals surface area contributed by atoms with E-state index in [4.69, 9.17) is 16.3 Å². The zero-order valence-corrected chi connectivity index (χ0v) is 36.6. The summed E-state index contributed by atoms with van der Waals surface area (Å²) in [5, 5.41) is 12.5. The molecule has 2 N–H and O–H groups in total. The van der Waals surface area contributed by atoms with Gasteiger partial charge in [-0.2, -0.15) is 0 Å². The molecule has 9 rings (SSSR count). The van der Waals surface area contributed by atoms with E-state index in [1.165, 1.54) is 12.1 Å². The predicted molar refractivity (Wildman–Crippen MR) is 235 cm³/mol. The Labute approximate surface area is 367 Å². The standard InChI is InChI=1S/C47H57ClFN7O6/c1-47(2)43(56(46(47)61)33-5-8-40(57)36(48)23-33)35-24-37(49)39(25-41(35)62-3)54-16-12-30(13-17-54)27-52-20-18-51(19-21-52)26-29-10-14-53(15-11-29)32-4-6-34-31(22-32)28-55(45(34)60)38-7-9-42(58)50-44(38)59/h4-6,8,22-25,29-30,38,43,57H,7,9-21,26-28H2,1-3H3,(H,50,58,59)/t38?,43-/m0/s1. The van der Waals surface area contributed by atoms with Crippen molar-refractivity contribution < 1.29 is 33.4 Å². The first-order valence-electron chi connectivity index (χ1n) is 22.2. The number of hydrogen-bond donors (Lipinski definition) is 2. The molecule has 0 aromatic heterocycles. The predicted octanol–water partition coefficient (Wildman–Crippen LogP) is 5.82. The number of benzene rings is 3. The minimum atomic E-state index is -0.795. The molecule has 15 heteroatoms. The smallest absolute Gasteiger partial charge is 0.255 e. The number of aromatic hydroxyl groups is 1. The number of phenols is 1. The average Bonchev–Trinajstić information content (AvgIpc) is 3.59. The number of halogens is 2. The molecule has 0 bridgehead atoms. The molecule has 0 radical (unpaired) electrons. The molecule has 2 atom stereocenters. The monoisotopic (exact) mass is 869 g/mol. The van der Waals surface area contributed by atoms with E-state index in [1.54, 1.807) is 35.1 Å². The Balaban J connectivity index is 0.725. The van der Waals surface area contributed by atoms with Gasteiger partial charge in [0.15, 0.2) is 0 Å². The maximum absolute atomic E-state index is 16.1. The maximum atomic E-state index is 16.1. The number of methoxy groups -OCH3 is 1. The quantitative estimate of drug-likeness (QED) is 0.190. The van der Waals surface area contributed by atoms with E-state index >= 15 is 4.39 Å². The van der Waals surface area contributed by atoms with Gasteiger partial charge < -0.3 is 39.2 Å². The molecule has 6 aliphatic heterocycles. The van der Waals surface area contributed by atoms with Crippen molar-refractivity contribution in [3.63, 3.8) is 0 Å². The van der Waals surface area contributed by atoms with Gasteiger partial charge in [0.05, 0.1) is 29.3 Å². The van der Waals surface area contributed by atoms with Gasteiger partial charge in [-0.05, 0) is 106 Å². The summed E-state index contributed by atoms with van der Waals surface area (Å²) in [6.45, 7) is 14.0. The minimum Gasteiger partial charge on any atom is -0.506 e. The molecule has 6 heterocycles. The fourth-order valence-corrected chi connectivity index (χ4v) is 11.0. The molecule has 4 amide bonds. The zero-order valence-electron chi connectivity index (χ0n) is 35.9. The molecule has 13 nitrogen and oxygen atoms in total. The molecule has 6 aliphatic rings. The fraction of sp³-hybridized carbons (Fsp3) is 0.532. The van der Waals surface area contributed by atoms with Crippen molar-refractivity contribution in [1.82, 2.24) is 20.0 Å². The van der Waals surface area contributed by atoms with Gasteiger partial charge in [-0.3, -0.25) is 24.5 Å². The van der Waals surface area contributed by atoms with E-state index in [9.17, 15) is 24.3 Å². The molecule has 3 aromatic rings. The Kier molecular flexibility index (Phi) is 11.6. The summed E-state index contributed by atoms with van der Waals surface area (Å²) in [5.41, 5.74) is 3.58.